The van der Waals surface area contributed by atoms with E-state index in [4.69, 9.17) is 4.74 Å². The minimum atomic E-state index is 0.625. The average Bonchev–Trinajstić information content (AvgIpc) is 2.65. The molecule has 0 amide bonds. The molecule has 0 aliphatic carbocycles. The summed E-state index contributed by atoms with van der Waals surface area (Å²) >= 11 is 2.00. The van der Waals surface area contributed by atoms with Gasteiger partial charge in [-0.25, -0.2) is 0 Å². The summed E-state index contributed by atoms with van der Waals surface area (Å²) in [6.45, 7) is 7.53. The van der Waals surface area contributed by atoms with E-state index >= 15 is 0 Å². The molecular formula is C10H21NOS. The van der Waals surface area contributed by atoms with Gasteiger partial charge < -0.3 is 10.1 Å². The molecule has 0 saturated carbocycles. The number of rotatable bonds is 6. The van der Waals surface area contributed by atoms with Gasteiger partial charge in [0.15, 0.2) is 0 Å². The van der Waals surface area contributed by atoms with E-state index in [9.17, 15) is 0 Å². The highest BCUT2D eigenvalue weighted by molar-refractivity contribution is 7.99. The van der Waals surface area contributed by atoms with Gasteiger partial charge in [-0.15, -0.1) is 0 Å². The van der Waals surface area contributed by atoms with Crippen LogP contribution in [0.1, 0.15) is 20.3 Å². The van der Waals surface area contributed by atoms with Crippen LogP contribution in [0.25, 0.3) is 0 Å². The van der Waals surface area contributed by atoms with Crippen LogP contribution in [0.15, 0.2) is 0 Å². The molecule has 0 aromatic rings. The molecule has 2 unspecified atom stereocenters. The number of nitrogens with one attached hydrogen (secondary N) is 1. The van der Waals surface area contributed by atoms with Gasteiger partial charge in [-0.2, -0.15) is 11.8 Å². The molecule has 1 saturated heterocycles. The summed E-state index contributed by atoms with van der Waals surface area (Å²) in [5.74, 6) is 3.20. The second-order valence-corrected chi connectivity index (χ2v) is 4.96. The molecule has 1 rings (SSSR count). The van der Waals surface area contributed by atoms with Crippen molar-refractivity contribution in [3.63, 3.8) is 0 Å². The van der Waals surface area contributed by atoms with Crippen LogP contribution < -0.4 is 5.32 Å². The quantitative estimate of drug-likeness (QED) is 0.665. The summed E-state index contributed by atoms with van der Waals surface area (Å²) in [7, 11) is 0. The monoisotopic (exact) mass is 203 g/mol. The molecule has 0 radical (unpaired) electrons. The Balaban J connectivity index is 1.99. The normalized spacial score (nSPS) is 24.9. The van der Waals surface area contributed by atoms with Crippen LogP contribution in [0.4, 0.5) is 0 Å². The van der Waals surface area contributed by atoms with Crippen molar-refractivity contribution < 1.29 is 4.74 Å². The lowest BCUT2D eigenvalue weighted by molar-refractivity contribution is 0.178. The first kappa shape index (κ1) is 11.3. The molecule has 1 N–H and O–H groups in total. The topological polar surface area (TPSA) is 21.3 Å². The van der Waals surface area contributed by atoms with Crippen molar-refractivity contribution in [1.29, 1.82) is 0 Å². The van der Waals surface area contributed by atoms with E-state index in [1.807, 2.05) is 11.8 Å². The number of thioether (sulfide) groups is 1. The minimum absolute atomic E-state index is 0.625. The summed E-state index contributed by atoms with van der Waals surface area (Å²) < 4.78 is 5.36. The van der Waals surface area contributed by atoms with E-state index in [2.05, 4.69) is 19.2 Å². The average molecular weight is 203 g/mol. The molecule has 0 bridgehead atoms. The standard InChI is InChI=1S/C10H21NOS/c1-3-13-7-5-11-9(2)10-4-6-12-8-10/h9-11H,3-8H2,1-2H3. The molecule has 1 aliphatic rings. The zero-order chi connectivity index (χ0) is 9.52. The molecule has 2 atom stereocenters. The lowest BCUT2D eigenvalue weighted by Crippen LogP contribution is -2.35. The summed E-state index contributed by atoms with van der Waals surface area (Å²) in [5, 5.41) is 3.56. The van der Waals surface area contributed by atoms with Crippen LogP contribution in [0.5, 0.6) is 0 Å². The fourth-order valence-corrected chi connectivity index (χ4v) is 2.17. The first-order valence-corrected chi connectivity index (χ1v) is 6.39. The molecular weight excluding hydrogens is 182 g/mol. The number of ether oxygens (including phenoxy) is 1. The first-order chi connectivity index (χ1) is 6.34. The molecule has 78 valence electrons. The highest BCUT2D eigenvalue weighted by atomic mass is 32.2. The minimum Gasteiger partial charge on any atom is -0.381 e. The lowest BCUT2D eigenvalue weighted by Gasteiger charge is -2.18. The Morgan fingerprint density at radius 2 is 2.46 bits per heavy atom. The second kappa shape index (κ2) is 6.68. The maximum atomic E-state index is 5.36. The third kappa shape index (κ3) is 4.34. The summed E-state index contributed by atoms with van der Waals surface area (Å²) in [6.07, 6.45) is 1.23. The Morgan fingerprint density at radius 1 is 1.62 bits per heavy atom. The predicted molar refractivity (Wildman–Crippen MR) is 59.4 cm³/mol. The third-order valence-corrected chi connectivity index (χ3v) is 3.49. The second-order valence-electron chi connectivity index (χ2n) is 3.56. The van der Waals surface area contributed by atoms with Gasteiger partial charge in [-0.1, -0.05) is 6.92 Å². The van der Waals surface area contributed by atoms with Crippen molar-refractivity contribution in [3.8, 4) is 0 Å². The molecule has 0 aromatic heterocycles. The molecule has 0 spiro atoms. The Morgan fingerprint density at radius 3 is 3.08 bits per heavy atom. The maximum Gasteiger partial charge on any atom is 0.0509 e. The highest BCUT2D eigenvalue weighted by Gasteiger charge is 2.21. The van der Waals surface area contributed by atoms with Gasteiger partial charge >= 0.3 is 0 Å². The molecule has 1 heterocycles. The summed E-state index contributed by atoms with van der Waals surface area (Å²) in [5.41, 5.74) is 0. The van der Waals surface area contributed by atoms with Gasteiger partial charge in [0, 0.05) is 24.9 Å². The van der Waals surface area contributed by atoms with Crippen LogP contribution in [0.3, 0.4) is 0 Å². The summed E-state index contributed by atoms with van der Waals surface area (Å²) in [4.78, 5) is 0. The third-order valence-electron chi connectivity index (χ3n) is 2.59. The van der Waals surface area contributed by atoms with E-state index < -0.39 is 0 Å². The first-order valence-electron chi connectivity index (χ1n) is 5.23. The number of hydrogen-bond donors (Lipinski definition) is 1. The Bertz CT molecular complexity index is 126. The van der Waals surface area contributed by atoms with Gasteiger partial charge in [-0.05, 0) is 25.0 Å². The van der Waals surface area contributed by atoms with E-state index in [0.29, 0.717) is 6.04 Å². The van der Waals surface area contributed by atoms with Crippen LogP contribution in [-0.4, -0.2) is 37.3 Å². The van der Waals surface area contributed by atoms with Crippen molar-refractivity contribution >= 4 is 11.8 Å². The van der Waals surface area contributed by atoms with Crippen LogP contribution in [0, 0.1) is 5.92 Å². The van der Waals surface area contributed by atoms with Crippen LogP contribution in [0.2, 0.25) is 0 Å². The van der Waals surface area contributed by atoms with Crippen molar-refractivity contribution in [1.82, 2.24) is 5.32 Å². The van der Waals surface area contributed by atoms with Crippen molar-refractivity contribution in [2.75, 3.05) is 31.3 Å². The van der Waals surface area contributed by atoms with Gasteiger partial charge in [0.2, 0.25) is 0 Å². The lowest BCUT2D eigenvalue weighted by atomic mass is 10.0. The van der Waals surface area contributed by atoms with Crippen molar-refractivity contribution in [3.05, 3.63) is 0 Å². The van der Waals surface area contributed by atoms with Gasteiger partial charge in [0.25, 0.3) is 0 Å². The van der Waals surface area contributed by atoms with Crippen molar-refractivity contribution in [2.45, 2.75) is 26.3 Å². The van der Waals surface area contributed by atoms with Gasteiger partial charge in [0.1, 0.15) is 0 Å². The predicted octanol–water partition coefficient (Wildman–Crippen LogP) is 1.75. The SMILES string of the molecule is CCSCCNC(C)C1CCOC1. The number of hydrogen-bond acceptors (Lipinski definition) is 3. The molecule has 0 aromatic carbocycles. The highest BCUT2D eigenvalue weighted by Crippen LogP contribution is 2.16. The molecule has 1 aliphatic heterocycles. The van der Waals surface area contributed by atoms with Gasteiger partial charge in [-0.3, -0.25) is 0 Å². The maximum absolute atomic E-state index is 5.36. The molecule has 3 heteroatoms. The van der Waals surface area contributed by atoms with Crippen LogP contribution in [-0.2, 0) is 4.74 Å². The zero-order valence-electron chi connectivity index (χ0n) is 8.71. The van der Waals surface area contributed by atoms with E-state index in [-0.39, 0.29) is 0 Å². The van der Waals surface area contributed by atoms with Gasteiger partial charge in [0.05, 0.1) is 6.61 Å². The van der Waals surface area contributed by atoms with Crippen molar-refractivity contribution in [2.24, 2.45) is 5.92 Å². The molecule has 1 fully saturated rings. The molecule has 13 heavy (non-hydrogen) atoms. The van der Waals surface area contributed by atoms with E-state index in [0.717, 1.165) is 25.7 Å². The Labute approximate surface area is 85.8 Å². The van der Waals surface area contributed by atoms with Crippen LogP contribution >= 0.6 is 11.8 Å². The smallest absolute Gasteiger partial charge is 0.0509 e. The fourth-order valence-electron chi connectivity index (χ4n) is 1.62. The Hall–Kier alpha value is 0.270. The Kier molecular flexibility index (Phi) is 5.83. The molecule has 2 nitrogen and oxygen atoms in total. The largest absolute Gasteiger partial charge is 0.381 e. The zero-order valence-corrected chi connectivity index (χ0v) is 9.53. The van der Waals surface area contributed by atoms with E-state index in [1.165, 1.54) is 17.9 Å². The summed E-state index contributed by atoms with van der Waals surface area (Å²) in [6, 6.07) is 0.625. The van der Waals surface area contributed by atoms with E-state index in [1.54, 1.807) is 0 Å². The fraction of sp³-hybridized carbons (Fsp3) is 1.00.